The molecule has 1 saturated heterocycles. The number of carbonyl (C=O) groups excluding carboxylic acids is 1. The molecule has 0 aromatic heterocycles. The number of esters is 1. The Morgan fingerprint density at radius 2 is 1.79 bits per heavy atom. The average Bonchev–Trinajstić information content (AvgIpc) is 2.72. The van der Waals surface area contributed by atoms with E-state index in [4.69, 9.17) is 9.47 Å². The molecule has 1 aliphatic rings. The highest BCUT2D eigenvalue weighted by Crippen LogP contribution is 2.18. The summed E-state index contributed by atoms with van der Waals surface area (Å²) in [6.07, 6.45) is 2.94. The molecule has 2 aromatic carbocycles. The summed E-state index contributed by atoms with van der Waals surface area (Å²) in [5.41, 5.74) is 2.74. The second kappa shape index (κ2) is 9.14. The molecule has 0 spiro atoms. The normalized spacial score (nSPS) is 15.6. The van der Waals surface area contributed by atoms with Crippen molar-refractivity contribution in [3.63, 3.8) is 0 Å². The van der Waals surface area contributed by atoms with Crippen LogP contribution in [0.3, 0.4) is 0 Å². The fourth-order valence-corrected chi connectivity index (χ4v) is 4.23. The van der Waals surface area contributed by atoms with E-state index in [2.05, 4.69) is 0 Å². The summed E-state index contributed by atoms with van der Waals surface area (Å²) < 4.78 is 37.0. The molecule has 0 atom stereocenters. The number of benzene rings is 2. The molecule has 2 aromatic rings. The first kappa shape index (κ1) is 20.3. The van der Waals surface area contributed by atoms with Crippen LogP contribution in [0.5, 0.6) is 0 Å². The van der Waals surface area contributed by atoms with Gasteiger partial charge in [-0.25, -0.2) is 13.2 Å². The van der Waals surface area contributed by atoms with Crippen molar-refractivity contribution in [2.75, 3.05) is 26.3 Å². The van der Waals surface area contributed by atoms with E-state index in [9.17, 15) is 13.2 Å². The summed E-state index contributed by atoms with van der Waals surface area (Å²) in [5.74, 6) is -0.451. The van der Waals surface area contributed by atoms with Crippen LogP contribution in [0.4, 0.5) is 0 Å². The van der Waals surface area contributed by atoms with Crippen LogP contribution in [-0.4, -0.2) is 45.0 Å². The van der Waals surface area contributed by atoms with Crippen molar-refractivity contribution < 1.29 is 22.7 Å². The van der Waals surface area contributed by atoms with Gasteiger partial charge in [-0.3, -0.25) is 0 Å². The molecule has 0 unspecified atom stereocenters. The SMILES string of the molecule is Cc1ccccc1COC(=O)/C=C/c1ccc(S(=O)(=O)N2CCOCC2)cc1. The number of hydrogen-bond acceptors (Lipinski definition) is 5. The van der Waals surface area contributed by atoms with Crippen molar-refractivity contribution in [1.82, 2.24) is 4.31 Å². The lowest BCUT2D eigenvalue weighted by molar-refractivity contribution is -0.138. The molecule has 0 radical (unpaired) electrons. The zero-order valence-corrected chi connectivity index (χ0v) is 16.5. The third kappa shape index (κ3) is 5.07. The molecule has 0 amide bonds. The minimum absolute atomic E-state index is 0.215. The Morgan fingerprint density at radius 3 is 2.46 bits per heavy atom. The number of nitrogens with zero attached hydrogens (tertiary/aromatic N) is 1. The predicted molar refractivity (Wildman–Crippen MR) is 106 cm³/mol. The summed E-state index contributed by atoms with van der Waals surface area (Å²) in [4.78, 5) is 12.1. The molecule has 3 rings (SSSR count). The maximum Gasteiger partial charge on any atom is 0.331 e. The van der Waals surface area contributed by atoms with Crippen molar-refractivity contribution >= 4 is 22.1 Å². The number of ether oxygens (including phenoxy) is 2. The first-order valence-electron chi connectivity index (χ1n) is 9.04. The van der Waals surface area contributed by atoms with Gasteiger partial charge in [-0.15, -0.1) is 0 Å². The Hall–Kier alpha value is -2.48. The van der Waals surface area contributed by atoms with E-state index in [1.807, 2.05) is 31.2 Å². The molecule has 0 saturated carbocycles. The van der Waals surface area contributed by atoms with Gasteiger partial charge in [-0.05, 0) is 41.8 Å². The van der Waals surface area contributed by atoms with Crippen LogP contribution in [0.15, 0.2) is 59.5 Å². The highest BCUT2D eigenvalue weighted by molar-refractivity contribution is 7.89. The topological polar surface area (TPSA) is 72.9 Å². The minimum atomic E-state index is -3.52. The van der Waals surface area contributed by atoms with Gasteiger partial charge in [-0.1, -0.05) is 36.4 Å². The molecule has 1 heterocycles. The fraction of sp³-hybridized carbons (Fsp3) is 0.286. The minimum Gasteiger partial charge on any atom is -0.458 e. The number of rotatable bonds is 6. The van der Waals surface area contributed by atoms with E-state index in [1.165, 1.54) is 10.4 Å². The summed E-state index contributed by atoms with van der Waals surface area (Å²) >= 11 is 0. The fourth-order valence-electron chi connectivity index (χ4n) is 2.82. The van der Waals surface area contributed by atoms with Gasteiger partial charge < -0.3 is 9.47 Å². The van der Waals surface area contributed by atoms with E-state index in [0.717, 1.165) is 11.1 Å². The van der Waals surface area contributed by atoms with Gasteiger partial charge >= 0.3 is 5.97 Å². The van der Waals surface area contributed by atoms with Crippen LogP contribution in [0.25, 0.3) is 6.08 Å². The van der Waals surface area contributed by atoms with Crippen molar-refractivity contribution in [2.45, 2.75) is 18.4 Å². The Kier molecular flexibility index (Phi) is 6.61. The molecular formula is C21H23NO5S. The van der Waals surface area contributed by atoms with Crippen molar-refractivity contribution in [1.29, 1.82) is 0 Å². The van der Waals surface area contributed by atoms with Crippen LogP contribution in [0, 0.1) is 6.92 Å². The Balaban J connectivity index is 1.59. The standard InChI is InChI=1S/C21H23NO5S/c1-17-4-2-3-5-19(17)16-27-21(23)11-8-18-6-9-20(10-7-18)28(24,25)22-12-14-26-15-13-22/h2-11H,12-16H2,1H3/b11-8+. The number of aryl methyl sites for hydroxylation is 1. The Bertz CT molecular complexity index is 945. The maximum absolute atomic E-state index is 12.6. The van der Waals surface area contributed by atoms with Crippen molar-refractivity contribution in [3.8, 4) is 0 Å². The smallest absolute Gasteiger partial charge is 0.331 e. The second-order valence-electron chi connectivity index (χ2n) is 6.45. The van der Waals surface area contributed by atoms with Crippen molar-refractivity contribution in [3.05, 3.63) is 71.3 Å². The quantitative estimate of drug-likeness (QED) is 0.550. The average molecular weight is 401 g/mol. The lowest BCUT2D eigenvalue weighted by Gasteiger charge is -2.26. The number of hydrogen-bond donors (Lipinski definition) is 0. The van der Waals surface area contributed by atoms with E-state index < -0.39 is 16.0 Å². The molecule has 1 aliphatic heterocycles. The summed E-state index contributed by atoms with van der Waals surface area (Å²) in [6.45, 7) is 3.71. The van der Waals surface area contributed by atoms with Gasteiger partial charge in [0.15, 0.2) is 0 Å². The van der Waals surface area contributed by atoms with Gasteiger partial charge in [0.2, 0.25) is 10.0 Å². The zero-order valence-electron chi connectivity index (χ0n) is 15.7. The number of sulfonamides is 1. The summed E-state index contributed by atoms with van der Waals surface area (Å²) in [5, 5.41) is 0. The second-order valence-corrected chi connectivity index (χ2v) is 8.39. The molecular weight excluding hydrogens is 378 g/mol. The van der Waals surface area contributed by atoms with Gasteiger partial charge in [-0.2, -0.15) is 4.31 Å². The summed E-state index contributed by atoms with van der Waals surface area (Å²) in [6, 6.07) is 14.1. The number of morpholine rings is 1. The maximum atomic E-state index is 12.6. The summed E-state index contributed by atoms with van der Waals surface area (Å²) in [7, 11) is -3.52. The molecule has 7 heteroatoms. The first-order valence-corrected chi connectivity index (χ1v) is 10.5. The molecule has 0 bridgehead atoms. The van der Waals surface area contributed by atoms with E-state index in [-0.39, 0.29) is 11.5 Å². The third-order valence-electron chi connectivity index (χ3n) is 4.53. The van der Waals surface area contributed by atoms with Crippen LogP contribution in [-0.2, 0) is 30.9 Å². The molecule has 148 valence electrons. The highest BCUT2D eigenvalue weighted by Gasteiger charge is 2.25. The molecule has 6 nitrogen and oxygen atoms in total. The first-order chi connectivity index (χ1) is 13.5. The van der Waals surface area contributed by atoms with E-state index >= 15 is 0 Å². The highest BCUT2D eigenvalue weighted by atomic mass is 32.2. The monoisotopic (exact) mass is 401 g/mol. The third-order valence-corrected chi connectivity index (χ3v) is 6.44. The largest absolute Gasteiger partial charge is 0.458 e. The van der Waals surface area contributed by atoms with Crippen molar-refractivity contribution in [2.24, 2.45) is 0 Å². The van der Waals surface area contributed by atoms with E-state index in [1.54, 1.807) is 30.3 Å². The lowest BCUT2D eigenvalue weighted by atomic mass is 10.1. The van der Waals surface area contributed by atoms with Gasteiger partial charge in [0.25, 0.3) is 0 Å². The number of carbonyl (C=O) groups is 1. The molecule has 1 fully saturated rings. The molecule has 28 heavy (non-hydrogen) atoms. The van der Waals surface area contributed by atoms with E-state index in [0.29, 0.717) is 31.9 Å². The van der Waals surface area contributed by atoms with Crippen LogP contribution >= 0.6 is 0 Å². The van der Waals surface area contributed by atoms with Gasteiger partial charge in [0.05, 0.1) is 18.1 Å². The molecule has 0 N–H and O–H groups in total. The predicted octanol–water partition coefficient (Wildman–Crippen LogP) is 2.77. The zero-order chi connectivity index (χ0) is 20.0. The Morgan fingerprint density at radius 1 is 1.11 bits per heavy atom. The van der Waals surface area contributed by atoms with Crippen LogP contribution in [0.1, 0.15) is 16.7 Å². The van der Waals surface area contributed by atoms with Crippen LogP contribution < -0.4 is 0 Å². The molecule has 0 aliphatic carbocycles. The van der Waals surface area contributed by atoms with Gasteiger partial charge in [0.1, 0.15) is 6.61 Å². The Labute approximate surface area is 165 Å². The lowest BCUT2D eigenvalue weighted by Crippen LogP contribution is -2.40. The van der Waals surface area contributed by atoms with Gasteiger partial charge in [0, 0.05) is 19.2 Å². The van der Waals surface area contributed by atoms with Crippen LogP contribution in [0.2, 0.25) is 0 Å².